The maximum absolute atomic E-state index is 12.4. The number of sulfonamides is 1. The fraction of sp³-hybridized carbons (Fsp3) is 0.278. The van der Waals surface area contributed by atoms with Crippen molar-refractivity contribution in [3.8, 4) is 0 Å². The Morgan fingerprint density at radius 1 is 1.04 bits per heavy atom. The Hall–Kier alpha value is -1.35. The first-order valence-corrected chi connectivity index (χ1v) is 11.2. The first-order valence-electron chi connectivity index (χ1n) is 8.03. The van der Waals surface area contributed by atoms with E-state index in [1.165, 1.54) is 23.9 Å². The zero-order valence-electron chi connectivity index (χ0n) is 14.7. The summed E-state index contributed by atoms with van der Waals surface area (Å²) in [6.45, 7) is 5.34. The molecular formula is C18H21BrN2O3S2. The standard InChI is InChI=1S/C18H21BrN2O3S2/c1-12(2)21-26(23,24)15-10-8-14(9-11-15)20-18(22)13(3)25-17-7-5-4-6-16(17)19/h4-13,21H,1-3H3,(H,20,22). The van der Waals surface area contributed by atoms with E-state index in [0.717, 1.165) is 9.37 Å². The molecule has 0 spiro atoms. The van der Waals surface area contributed by atoms with Gasteiger partial charge in [0, 0.05) is 21.1 Å². The molecule has 0 aliphatic rings. The molecule has 5 nitrogen and oxygen atoms in total. The van der Waals surface area contributed by atoms with Crippen molar-refractivity contribution in [3.05, 3.63) is 53.0 Å². The van der Waals surface area contributed by atoms with Crippen LogP contribution in [0, 0.1) is 0 Å². The normalized spacial score (nSPS) is 12.8. The number of hydrogen-bond donors (Lipinski definition) is 2. The number of carbonyl (C=O) groups excluding carboxylic acids is 1. The predicted molar refractivity (Wildman–Crippen MR) is 110 cm³/mol. The zero-order valence-corrected chi connectivity index (χ0v) is 17.9. The second-order valence-corrected chi connectivity index (χ2v) is 9.93. The number of benzene rings is 2. The molecule has 2 rings (SSSR count). The lowest BCUT2D eigenvalue weighted by atomic mass is 10.3. The topological polar surface area (TPSA) is 75.3 Å². The van der Waals surface area contributed by atoms with Crippen LogP contribution in [0.25, 0.3) is 0 Å². The van der Waals surface area contributed by atoms with Crippen molar-refractivity contribution in [1.82, 2.24) is 4.72 Å². The molecule has 0 heterocycles. The average Bonchev–Trinajstić information content (AvgIpc) is 2.56. The minimum Gasteiger partial charge on any atom is -0.325 e. The summed E-state index contributed by atoms with van der Waals surface area (Å²) >= 11 is 4.92. The van der Waals surface area contributed by atoms with Crippen molar-refractivity contribution < 1.29 is 13.2 Å². The van der Waals surface area contributed by atoms with Crippen molar-refractivity contribution in [3.63, 3.8) is 0 Å². The Kier molecular flexibility index (Phi) is 7.28. The van der Waals surface area contributed by atoms with Gasteiger partial charge in [-0.15, -0.1) is 11.8 Å². The quantitative estimate of drug-likeness (QED) is 0.610. The number of thioether (sulfide) groups is 1. The lowest BCUT2D eigenvalue weighted by molar-refractivity contribution is -0.115. The molecule has 0 fully saturated rings. The zero-order chi connectivity index (χ0) is 19.3. The SMILES string of the molecule is CC(C)NS(=O)(=O)c1ccc(NC(=O)C(C)Sc2ccccc2Br)cc1. The highest BCUT2D eigenvalue weighted by atomic mass is 79.9. The molecule has 1 atom stereocenters. The fourth-order valence-electron chi connectivity index (χ4n) is 2.12. The summed E-state index contributed by atoms with van der Waals surface area (Å²) in [4.78, 5) is 13.5. The van der Waals surface area contributed by atoms with Crippen LogP contribution in [0.3, 0.4) is 0 Å². The van der Waals surface area contributed by atoms with Gasteiger partial charge >= 0.3 is 0 Å². The van der Waals surface area contributed by atoms with Crippen molar-refractivity contribution in [1.29, 1.82) is 0 Å². The van der Waals surface area contributed by atoms with E-state index in [9.17, 15) is 13.2 Å². The van der Waals surface area contributed by atoms with E-state index >= 15 is 0 Å². The van der Waals surface area contributed by atoms with Crippen LogP contribution < -0.4 is 10.0 Å². The summed E-state index contributed by atoms with van der Waals surface area (Å²) in [5.41, 5.74) is 0.554. The Balaban J connectivity index is 2.02. The summed E-state index contributed by atoms with van der Waals surface area (Å²) in [7, 11) is -3.54. The minimum atomic E-state index is -3.54. The number of amides is 1. The maximum Gasteiger partial charge on any atom is 0.240 e. The number of carbonyl (C=O) groups is 1. The van der Waals surface area contributed by atoms with Crippen molar-refractivity contribution >= 4 is 49.3 Å². The second kappa shape index (κ2) is 9.03. The molecule has 0 radical (unpaired) electrons. The molecule has 0 bridgehead atoms. The fourth-order valence-corrected chi connectivity index (χ4v) is 4.82. The van der Waals surface area contributed by atoms with Crippen LogP contribution in [-0.2, 0) is 14.8 Å². The molecular weight excluding hydrogens is 436 g/mol. The monoisotopic (exact) mass is 456 g/mol. The number of halogens is 1. The highest BCUT2D eigenvalue weighted by molar-refractivity contribution is 9.10. The van der Waals surface area contributed by atoms with Crippen LogP contribution in [0.1, 0.15) is 20.8 Å². The third-order valence-electron chi connectivity index (χ3n) is 3.33. The summed E-state index contributed by atoms with van der Waals surface area (Å²) in [6.07, 6.45) is 0. The second-order valence-electron chi connectivity index (χ2n) is 5.98. The van der Waals surface area contributed by atoms with Gasteiger partial charge in [0.1, 0.15) is 0 Å². The van der Waals surface area contributed by atoms with Crippen LogP contribution in [0.5, 0.6) is 0 Å². The Labute approximate surface area is 167 Å². The third kappa shape index (κ3) is 5.84. The van der Waals surface area contributed by atoms with Gasteiger partial charge in [-0.25, -0.2) is 13.1 Å². The number of anilines is 1. The van der Waals surface area contributed by atoms with Gasteiger partial charge in [0.05, 0.1) is 10.1 Å². The van der Waals surface area contributed by atoms with Gasteiger partial charge in [-0.2, -0.15) is 0 Å². The van der Waals surface area contributed by atoms with Crippen molar-refractivity contribution in [2.45, 2.75) is 41.9 Å². The van der Waals surface area contributed by atoms with Gasteiger partial charge in [0.15, 0.2) is 0 Å². The van der Waals surface area contributed by atoms with Gasteiger partial charge in [0.25, 0.3) is 0 Å². The van der Waals surface area contributed by atoms with Crippen LogP contribution in [-0.4, -0.2) is 25.6 Å². The van der Waals surface area contributed by atoms with Gasteiger partial charge in [-0.3, -0.25) is 4.79 Å². The van der Waals surface area contributed by atoms with E-state index in [1.807, 2.05) is 31.2 Å². The highest BCUT2D eigenvalue weighted by Gasteiger charge is 2.17. The Morgan fingerprint density at radius 3 is 2.23 bits per heavy atom. The van der Waals surface area contributed by atoms with Gasteiger partial charge < -0.3 is 5.32 Å². The summed E-state index contributed by atoms with van der Waals surface area (Å²) < 4.78 is 27.7. The lowest BCUT2D eigenvalue weighted by Crippen LogP contribution is -2.30. The lowest BCUT2D eigenvalue weighted by Gasteiger charge is -2.14. The molecule has 2 N–H and O–H groups in total. The largest absolute Gasteiger partial charge is 0.325 e. The van der Waals surface area contributed by atoms with E-state index < -0.39 is 10.0 Å². The van der Waals surface area contributed by atoms with Crippen LogP contribution in [0.4, 0.5) is 5.69 Å². The van der Waals surface area contributed by atoms with Crippen molar-refractivity contribution in [2.24, 2.45) is 0 Å². The third-order valence-corrected chi connectivity index (χ3v) is 7.14. The average molecular weight is 457 g/mol. The molecule has 0 aliphatic heterocycles. The number of nitrogens with one attached hydrogen (secondary N) is 2. The molecule has 0 aliphatic carbocycles. The Bertz CT molecular complexity index is 868. The van der Waals surface area contributed by atoms with E-state index in [2.05, 4.69) is 26.0 Å². The van der Waals surface area contributed by atoms with E-state index in [1.54, 1.807) is 26.0 Å². The molecule has 26 heavy (non-hydrogen) atoms. The van der Waals surface area contributed by atoms with E-state index in [0.29, 0.717) is 5.69 Å². The molecule has 1 amide bonds. The molecule has 0 saturated heterocycles. The smallest absolute Gasteiger partial charge is 0.240 e. The van der Waals surface area contributed by atoms with Gasteiger partial charge in [-0.05, 0) is 73.1 Å². The molecule has 0 aromatic heterocycles. The molecule has 1 unspecified atom stereocenters. The first kappa shape index (κ1) is 21.0. The Morgan fingerprint density at radius 2 is 1.65 bits per heavy atom. The predicted octanol–water partition coefficient (Wildman–Crippen LogP) is 4.26. The van der Waals surface area contributed by atoms with Crippen LogP contribution >= 0.6 is 27.7 Å². The molecule has 0 saturated carbocycles. The number of rotatable bonds is 7. The number of hydrogen-bond acceptors (Lipinski definition) is 4. The summed E-state index contributed by atoms with van der Waals surface area (Å²) in [6, 6.07) is 13.7. The van der Waals surface area contributed by atoms with Gasteiger partial charge in [0.2, 0.25) is 15.9 Å². The first-order chi connectivity index (χ1) is 12.2. The molecule has 2 aromatic carbocycles. The molecule has 2 aromatic rings. The van der Waals surface area contributed by atoms with E-state index in [-0.39, 0.29) is 22.1 Å². The van der Waals surface area contributed by atoms with Crippen LogP contribution in [0.15, 0.2) is 62.8 Å². The summed E-state index contributed by atoms with van der Waals surface area (Å²) in [5, 5.41) is 2.50. The summed E-state index contributed by atoms with van der Waals surface area (Å²) in [5.74, 6) is -0.151. The molecule has 140 valence electrons. The van der Waals surface area contributed by atoms with Crippen LogP contribution in [0.2, 0.25) is 0 Å². The highest BCUT2D eigenvalue weighted by Crippen LogP contribution is 2.30. The molecule has 8 heteroatoms. The van der Waals surface area contributed by atoms with Gasteiger partial charge in [-0.1, -0.05) is 12.1 Å². The maximum atomic E-state index is 12.4. The van der Waals surface area contributed by atoms with Crippen molar-refractivity contribution in [2.75, 3.05) is 5.32 Å². The minimum absolute atomic E-state index is 0.151. The van der Waals surface area contributed by atoms with E-state index in [4.69, 9.17) is 0 Å².